The third-order valence-electron chi connectivity index (χ3n) is 5.34. The van der Waals surface area contributed by atoms with Crippen LogP contribution in [0, 0.1) is 12.8 Å². The third kappa shape index (κ3) is 5.65. The Morgan fingerprint density at radius 1 is 1.16 bits per heavy atom. The molecule has 1 aromatic heterocycles. The van der Waals surface area contributed by atoms with Gasteiger partial charge in [-0.2, -0.15) is 0 Å². The summed E-state index contributed by atoms with van der Waals surface area (Å²) in [6, 6.07) is 8.78. The molecule has 0 bridgehead atoms. The number of likely N-dealkylation sites (N-methyl/N-ethyl adjacent to an activating group) is 1. The van der Waals surface area contributed by atoms with Crippen LogP contribution in [-0.2, 0) is 13.0 Å². The van der Waals surface area contributed by atoms with Crippen molar-refractivity contribution in [2.24, 2.45) is 5.92 Å². The van der Waals surface area contributed by atoms with Crippen molar-refractivity contribution in [2.45, 2.75) is 32.7 Å². The van der Waals surface area contributed by atoms with E-state index in [2.05, 4.69) is 58.2 Å². The fourth-order valence-corrected chi connectivity index (χ4v) is 3.83. The van der Waals surface area contributed by atoms with Crippen LogP contribution in [0.4, 0.5) is 0 Å². The average molecular weight is 342 g/mol. The third-order valence-corrected chi connectivity index (χ3v) is 5.34. The summed E-state index contributed by atoms with van der Waals surface area (Å²) < 4.78 is 2.05. The molecule has 0 spiro atoms. The Bertz CT molecular complexity index is 625. The molecule has 1 saturated heterocycles. The van der Waals surface area contributed by atoms with E-state index < -0.39 is 0 Å². The SMILES string of the molecule is Cc1ccccc1CCN1CCC[C@@H](CN(C)CCn2cnnc2)C1. The smallest absolute Gasteiger partial charge is 0.119 e. The van der Waals surface area contributed by atoms with Gasteiger partial charge in [-0.05, 0) is 56.8 Å². The zero-order valence-electron chi connectivity index (χ0n) is 15.6. The van der Waals surface area contributed by atoms with E-state index in [-0.39, 0.29) is 0 Å². The molecule has 2 heterocycles. The van der Waals surface area contributed by atoms with Crippen molar-refractivity contribution in [1.29, 1.82) is 0 Å². The molecule has 0 unspecified atom stereocenters. The number of nitrogens with zero attached hydrogens (tertiary/aromatic N) is 5. The summed E-state index contributed by atoms with van der Waals surface area (Å²) in [6.07, 6.45) is 7.45. The molecule has 1 aliphatic heterocycles. The highest BCUT2D eigenvalue weighted by Crippen LogP contribution is 2.18. The van der Waals surface area contributed by atoms with Crippen LogP contribution in [0.15, 0.2) is 36.9 Å². The van der Waals surface area contributed by atoms with Crippen molar-refractivity contribution in [3.05, 3.63) is 48.0 Å². The summed E-state index contributed by atoms with van der Waals surface area (Å²) in [6.45, 7) is 9.11. The number of piperidine rings is 1. The van der Waals surface area contributed by atoms with Crippen LogP contribution in [0.25, 0.3) is 0 Å². The van der Waals surface area contributed by atoms with E-state index in [9.17, 15) is 0 Å². The molecule has 0 radical (unpaired) electrons. The van der Waals surface area contributed by atoms with Crippen LogP contribution in [0.3, 0.4) is 0 Å². The van der Waals surface area contributed by atoms with E-state index >= 15 is 0 Å². The van der Waals surface area contributed by atoms with Crippen molar-refractivity contribution in [3.63, 3.8) is 0 Å². The van der Waals surface area contributed by atoms with Crippen LogP contribution >= 0.6 is 0 Å². The number of rotatable bonds is 8. The Balaban J connectivity index is 1.40. The Labute approximate surface area is 151 Å². The molecule has 5 heteroatoms. The van der Waals surface area contributed by atoms with Crippen LogP contribution in [0.1, 0.15) is 24.0 Å². The van der Waals surface area contributed by atoms with Crippen molar-refractivity contribution in [3.8, 4) is 0 Å². The van der Waals surface area contributed by atoms with Gasteiger partial charge in [0.1, 0.15) is 12.7 Å². The summed E-state index contributed by atoms with van der Waals surface area (Å²) in [5.41, 5.74) is 2.92. The highest BCUT2D eigenvalue weighted by Gasteiger charge is 2.21. The van der Waals surface area contributed by atoms with Crippen molar-refractivity contribution >= 4 is 0 Å². The number of aryl methyl sites for hydroxylation is 1. The minimum Gasteiger partial charge on any atom is -0.319 e. The van der Waals surface area contributed by atoms with E-state index in [4.69, 9.17) is 0 Å². The Hall–Kier alpha value is -1.72. The molecule has 0 amide bonds. The number of benzene rings is 1. The van der Waals surface area contributed by atoms with E-state index in [1.165, 1.54) is 56.6 Å². The first-order chi connectivity index (χ1) is 12.2. The topological polar surface area (TPSA) is 37.2 Å². The second kappa shape index (κ2) is 9.11. The molecule has 1 atom stereocenters. The van der Waals surface area contributed by atoms with Gasteiger partial charge in [-0.25, -0.2) is 0 Å². The lowest BCUT2D eigenvalue weighted by Gasteiger charge is -2.35. The van der Waals surface area contributed by atoms with Crippen molar-refractivity contribution in [1.82, 2.24) is 24.6 Å². The van der Waals surface area contributed by atoms with E-state index in [1.807, 2.05) is 4.57 Å². The van der Waals surface area contributed by atoms with Crippen molar-refractivity contribution < 1.29 is 0 Å². The second-order valence-corrected chi connectivity index (χ2v) is 7.45. The Morgan fingerprint density at radius 2 is 1.96 bits per heavy atom. The largest absolute Gasteiger partial charge is 0.319 e. The zero-order valence-corrected chi connectivity index (χ0v) is 15.6. The normalized spacial score (nSPS) is 18.8. The van der Waals surface area contributed by atoms with Gasteiger partial charge < -0.3 is 14.4 Å². The number of likely N-dealkylation sites (tertiary alicyclic amines) is 1. The number of hydrogen-bond donors (Lipinski definition) is 0. The van der Waals surface area contributed by atoms with Crippen LogP contribution in [0.5, 0.6) is 0 Å². The summed E-state index contributed by atoms with van der Waals surface area (Å²) in [5, 5.41) is 7.73. The van der Waals surface area contributed by atoms with Gasteiger partial charge in [0.15, 0.2) is 0 Å². The summed E-state index contributed by atoms with van der Waals surface area (Å²) >= 11 is 0. The number of hydrogen-bond acceptors (Lipinski definition) is 4. The quantitative estimate of drug-likeness (QED) is 0.739. The molecule has 136 valence electrons. The fourth-order valence-electron chi connectivity index (χ4n) is 3.83. The lowest BCUT2D eigenvalue weighted by molar-refractivity contribution is 0.143. The zero-order chi connectivity index (χ0) is 17.5. The maximum absolute atomic E-state index is 3.87. The first-order valence-corrected chi connectivity index (χ1v) is 9.48. The van der Waals surface area contributed by atoms with Crippen LogP contribution in [-0.4, -0.2) is 64.3 Å². The molecule has 1 fully saturated rings. The Kier molecular flexibility index (Phi) is 6.59. The highest BCUT2D eigenvalue weighted by atomic mass is 15.2. The fraction of sp³-hybridized carbons (Fsp3) is 0.600. The van der Waals surface area contributed by atoms with Gasteiger partial charge in [0.05, 0.1) is 0 Å². The van der Waals surface area contributed by atoms with Crippen LogP contribution in [0.2, 0.25) is 0 Å². The molecule has 0 aliphatic carbocycles. The van der Waals surface area contributed by atoms with Gasteiger partial charge in [0.25, 0.3) is 0 Å². The average Bonchev–Trinajstić information content (AvgIpc) is 3.13. The predicted molar refractivity (Wildman–Crippen MR) is 102 cm³/mol. The standard InChI is InChI=1S/C20H31N5/c1-18-6-3-4-8-20(18)9-11-24-10-5-7-19(15-24)14-23(2)12-13-25-16-21-22-17-25/h3-4,6,8,16-17,19H,5,7,9-15H2,1-2H3/t19-/m0/s1. The van der Waals surface area contributed by atoms with Crippen molar-refractivity contribution in [2.75, 3.05) is 39.8 Å². The van der Waals surface area contributed by atoms with E-state index in [1.54, 1.807) is 12.7 Å². The first kappa shape index (κ1) is 18.1. The van der Waals surface area contributed by atoms with Gasteiger partial charge in [0, 0.05) is 32.7 Å². The molecule has 25 heavy (non-hydrogen) atoms. The minimum absolute atomic E-state index is 0.788. The van der Waals surface area contributed by atoms with Gasteiger partial charge in [-0.15, -0.1) is 10.2 Å². The lowest BCUT2D eigenvalue weighted by atomic mass is 9.96. The monoisotopic (exact) mass is 341 g/mol. The summed E-state index contributed by atoms with van der Waals surface area (Å²) in [5.74, 6) is 0.788. The first-order valence-electron chi connectivity index (χ1n) is 9.48. The molecular weight excluding hydrogens is 310 g/mol. The highest BCUT2D eigenvalue weighted by molar-refractivity contribution is 5.25. The predicted octanol–water partition coefficient (Wildman–Crippen LogP) is 2.47. The molecule has 5 nitrogen and oxygen atoms in total. The van der Waals surface area contributed by atoms with Crippen LogP contribution < -0.4 is 0 Å². The molecule has 0 saturated carbocycles. The minimum atomic E-state index is 0.788. The molecule has 3 rings (SSSR count). The maximum atomic E-state index is 3.87. The second-order valence-electron chi connectivity index (χ2n) is 7.45. The molecule has 1 aromatic carbocycles. The van der Waals surface area contributed by atoms with Gasteiger partial charge in [-0.1, -0.05) is 24.3 Å². The number of aromatic nitrogens is 3. The molecule has 2 aromatic rings. The Morgan fingerprint density at radius 3 is 2.76 bits per heavy atom. The summed E-state index contributed by atoms with van der Waals surface area (Å²) in [4.78, 5) is 5.11. The maximum Gasteiger partial charge on any atom is 0.119 e. The van der Waals surface area contributed by atoms with E-state index in [0.717, 1.165) is 19.0 Å². The summed E-state index contributed by atoms with van der Waals surface area (Å²) in [7, 11) is 2.23. The van der Waals surface area contributed by atoms with Gasteiger partial charge >= 0.3 is 0 Å². The van der Waals surface area contributed by atoms with Gasteiger partial charge in [0.2, 0.25) is 0 Å². The molecular formula is C20H31N5. The van der Waals surface area contributed by atoms with Gasteiger partial charge in [-0.3, -0.25) is 0 Å². The lowest BCUT2D eigenvalue weighted by Crippen LogP contribution is -2.41. The molecule has 1 aliphatic rings. The van der Waals surface area contributed by atoms with E-state index in [0.29, 0.717) is 0 Å². The molecule has 0 N–H and O–H groups in total.